The zero-order valence-corrected chi connectivity index (χ0v) is 12.6. The highest BCUT2D eigenvalue weighted by Gasteiger charge is 2.23. The summed E-state index contributed by atoms with van der Waals surface area (Å²) in [6.07, 6.45) is 4.65. The van der Waals surface area contributed by atoms with Crippen molar-refractivity contribution in [3.05, 3.63) is 52.8 Å². The van der Waals surface area contributed by atoms with Gasteiger partial charge in [-0.2, -0.15) is 5.10 Å². The molecule has 0 amide bonds. The predicted octanol–water partition coefficient (Wildman–Crippen LogP) is 3.46. The molecule has 1 aromatic heterocycles. The summed E-state index contributed by atoms with van der Waals surface area (Å²) in [5, 5.41) is 7.90. The summed E-state index contributed by atoms with van der Waals surface area (Å²) in [6.45, 7) is 5.21. The first-order valence-electron chi connectivity index (χ1n) is 7.46. The molecule has 1 heterocycles. The highest BCUT2D eigenvalue weighted by atomic mass is 15.3. The standard InChI is InChI=1S/C17H23N3/c1-12-10-19-20(3)17(12)11-18-13(2)15-5-4-6-16(9-15)14-7-8-14/h4-6,9-10,13-14,18H,7-8,11H2,1-3H3. The molecule has 0 radical (unpaired) electrons. The van der Waals surface area contributed by atoms with Gasteiger partial charge in [-0.05, 0) is 49.3 Å². The lowest BCUT2D eigenvalue weighted by Gasteiger charge is -2.16. The number of nitrogens with zero attached hydrogens (tertiary/aromatic N) is 2. The monoisotopic (exact) mass is 269 g/mol. The van der Waals surface area contributed by atoms with Crippen LogP contribution in [0, 0.1) is 6.92 Å². The molecule has 1 atom stereocenters. The molecule has 3 nitrogen and oxygen atoms in total. The summed E-state index contributed by atoms with van der Waals surface area (Å²) in [7, 11) is 2.00. The molecule has 0 spiro atoms. The van der Waals surface area contributed by atoms with Crippen molar-refractivity contribution in [2.24, 2.45) is 7.05 Å². The van der Waals surface area contributed by atoms with Crippen LogP contribution in [0.25, 0.3) is 0 Å². The summed E-state index contributed by atoms with van der Waals surface area (Å²) in [5.74, 6) is 0.821. The van der Waals surface area contributed by atoms with Crippen LogP contribution in [0.5, 0.6) is 0 Å². The fourth-order valence-electron chi connectivity index (χ4n) is 2.69. The smallest absolute Gasteiger partial charge is 0.0548 e. The van der Waals surface area contributed by atoms with Crippen molar-refractivity contribution in [1.29, 1.82) is 0 Å². The highest BCUT2D eigenvalue weighted by molar-refractivity contribution is 5.30. The average Bonchev–Trinajstić information content (AvgIpc) is 3.25. The minimum absolute atomic E-state index is 0.364. The van der Waals surface area contributed by atoms with E-state index in [1.807, 2.05) is 17.9 Å². The molecule has 0 bridgehead atoms. The summed E-state index contributed by atoms with van der Waals surface area (Å²) < 4.78 is 1.95. The average molecular weight is 269 g/mol. The third-order valence-corrected chi connectivity index (χ3v) is 4.31. The minimum Gasteiger partial charge on any atom is -0.305 e. The SMILES string of the molecule is Cc1cnn(C)c1CNC(C)c1cccc(C2CC2)c1. The van der Waals surface area contributed by atoms with Crippen LogP contribution in [-0.4, -0.2) is 9.78 Å². The van der Waals surface area contributed by atoms with Gasteiger partial charge in [0.15, 0.2) is 0 Å². The van der Waals surface area contributed by atoms with Gasteiger partial charge in [-0.3, -0.25) is 4.68 Å². The van der Waals surface area contributed by atoms with Crippen molar-refractivity contribution in [2.45, 2.75) is 45.2 Å². The second kappa shape index (κ2) is 5.41. The zero-order chi connectivity index (χ0) is 14.1. The van der Waals surface area contributed by atoms with E-state index in [2.05, 4.69) is 48.5 Å². The van der Waals surface area contributed by atoms with E-state index >= 15 is 0 Å². The molecule has 1 unspecified atom stereocenters. The van der Waals surface area contributed by atoms with E-state index in [0.29, 0.717) is 6.04 Å². The Kier molecular flexibility index (Phi) is 3.62. The molecule has 1 aliphatic rings. The van der Waals surface area contributed by atoms with Crippen molar-refractivity contribution in [2.75, 3.05) is 0 Å². The highest BCUT2D eigenvalue weighted by Crippen LogP contribution is 2.40. The lowest BCUT2D eigenvalue weighted by atomic mass is 10.0. The number of nitrogens with one attached hydrogen (secondary N) is 1. The van der Waals surface area contributed by atoms with Gasteiger partial charge in [-0.25, -0.2) is 0 Å². The molecule has 0 aliphatic heterocycles. The molecular weight excluding hydrogens is 246 g/mol. The largest absolute Gasteiger partial charge is 0.305 e. The quantitative estimate of drug-likeness (QED) is 0.901. The molecule has 1 saturated carbocycles. The maximum absolute atomic E-state index is 4.29. The number of hydrogen-bond acceptors (Lipinski definition) is 2. The minimum atomic E-state index is 0.364. The zero-order valence-electron chi connectivity index (χ0n) is 12.6. The second-order valence-electron chi connectivity index (χ2n) is 5.94. The van der Waals surface area contributed by atoms with E-state index in [0.717, 1.165) is 12.5 Å². The Morgan fingerprint density at radius 2 is 2.20 bits per heavy atom. The molecule has 1 fully saturated rings. The maximum atomic E-state index is 4.29. The van der Waals surface area contributed by atoms with Crippen LogP contribution in [0.3, 0.4) is 0 Å². The van der Waals surface area contributed by atoms with Crippen LogP contribution >= 0.6 is 0 Å². The van der Waals surface area contributed by atoms with E-state index in [9.17, 15) is 0 Å². The van der Waals surface area contributed by atoms with Gasteiger partial charge in [0, 0.05) is 19.6 Å². The molecule has 0 saturated heterocycles. The van der Waals surface area contributed by atoms with Gasteiger partial charge in [0.2, 0.25) is 0 Å². The summed E-state index contributed by atoms with van der Waals surface area (Å²) in [5.41, 5.74) is 5.40. The Morgan fingerprint density at radius 1 is 1.40 bits per heavy atom. The maximum Gasteiger partial charge on any atom is 0.0548 e. The van der Waals surface area contributed by atoms with Gasteiger partial charge in [0.25, 0.3) is 0 Å². The van der Waals surface area contributed by atoms with Crippen LogP contribution < -0.4 is 5.32 Å². The Labute approximate surface area is 121 Å². The van der Waals surface area contributed by atoms with E-state index in [-0.39, 0.29) is 0 Å². The van der Waals surface area contributed by atoms with Gasteiger partial charge in [0.05, 0.1) is 11.9 Å². The summed E-state index contributed by atoms with van der Waals surface area (Å²) >= 11 is 0. The number of aryl methyl sites for hydroxylation is 2. The van der Waals surface area contributed by atoms with Crippen molar-refractivity contribution in [1.82, 2.24) is 15.1 Å². The van der Waals surface area contributed by atoms with Crippen LogP contribution in [0.15, 0.2) is 30.5 Å². The lowest BCUT2D eigenvalue weighted by molar-refractivity contribution is 0.546. The molecule has 1 aliphatic carbocycles. The van der Waals surface area contributed by atoms with Gasteiger partial charge < -0.3 is 5.32 Å². The summed E-state index contributed by atoms with van der Waals surface area (Å²) in [4.78, 5) is 0. The third-order valence-electron chi connectivity index (χ3n) is 4.31. The van der Waals surface area contributed by atoms with E-state index < -0.39 is 0 Å². The predicted molar refractivity (Wildman–Crippen MR) is 81.6 cm³/mol. The number of benzene rings is 1. The third kappa shape index (κ3) is 2.78. The fraction of sp³-hybridized carbons (Fsp3) is 0.471. The first-order valence-corrected chi connectivity index (χ1v) is 7.46. The molecule has 1 N–H and O–H groups in total. The Balaban J connectivity index is 1.67. The lowest BCUT2D eigenvalue weighted by Crippen LogP contribution is -2.20. The van der Waals surface area contributed by atoms with E-state index in [4.69, 9.17) is 0 Å². The molecule has 3 heteroatoms. The Morgan fingerprint density at radius 3 is 2.85 bits per heavy atom. The molecule has 106 valence electrons. The second-order valence-corrected chi connectivity index (χ2v) is 5.94. The fourth-order valence-corrected chi connectivity index (χ4v) is 2.69. The topological polar surface area (TPSA) is 29.9 Å². The van der Waals surface area contributed by atoms with Gasteiger partial charge in [-0.1, -0.05) is 24.3 Å². The first kappa shape index (κ1) is 13.4. The Hall–Kier alpha value is -1.61. The molecular formula is C17H23N3. The molecule has 20 heavy (non-hydrogen) atoms. The molecule has 1 aromatic carbocycles. The van der Waals surface area contributed by atoms with Crippen LogP contribution in [0.2, 0.25) is 0 Å². The van der Waals surface area contributed by atoms with Crippen LogP contribution in [0.4, 0.5) is 0 Å². The van der Waals surface area contributed by atoms with Crippen LogP contribution in [-0.2, 0) is 13.6 Å². The van der Waals surface area contributed by atoms with Crippen molar-refractivity contribution < 1.29 is 0 Å². The molecule has 2 aromatic rings. The van der Waals surface area contributed by atoms with Gasteiger partial charge in [0.1, 0.15) is 0 Å². The van der Waals surface area contributed by atoms with E-state index in [1.54, 1.807) is 0 Å². The number of rotatable bonds is 5. The molecule has 3 rings (SSSR count). The van der Waals surface area contributed by atoms with Crippen LogP contribution in [0.1, 0.15) is 54.1 Å². The van der Waals surface area contributed by atoms with Crippen molar-refractivity contribution >= 4 is 0 Å². The van der Waals surface area contributed by atoms with Gasteiger partial charge >= 0.3 is 0 Å². The van der Waals surface area contributed by atoms with Crippen molar-refractivity contribution in [3.8, 4) is 0 Å². The van der Waals surface area contributed by atoms with Crippen molar-refractivity contribution in [3.63, 3.8) is 0 Å². The Bertz CT molecular complexity index is 577. The summed E-state index contributed by atoms with van der Waals surface area (Å²) in [6, 6.07) is 9.41. The first-order chi connectivity index (χ1) is 9.65. The number of aromatic nitrogens is 2. The number of hydrogen-bond donors (Lipinski definition) is 1. The van der Waals surface area contributed by atoms with Gasteiger partial charge in [-0.15, -0.1) is 0 Å². The van der Waals surface area contributed by atoms with E-state index in [1.165, 1.54) is 35.2 Å². The normalized spacial score (nSPS) is 16.4.